The van der Waals surface area contributed by atoms with Crippen molar-refractivity contribution in [3.05, 3.63) is 24.0 Å². The third-order valence-electron chi connectivity index (χ3n) is 4.50. The first-order valence-electron chi connectivity index (χ1n) is 7.24. The predicted molar refractivity (Wildman–Crippen MR) is 74.7 cm³/mol. The molecule has 0 aromatic carbocycles. The second kappa shape index (κ2) is 5.27. The largest absolute Gasteiger partial charge is 0.368 e. The van der Waals surface area contributed by atoms with Gasteiger partial charge in [-0.05, 0) is 44.4 Å². The molecule has 1 aromatic heterocycles. The van der Waals surface area contributed by atoms with Crippen molar-refractivity contribution in [2.75, 3.05) is 18.5 Å². The lowest BCUT2D eigenvalue weighted by Gasteiger charge is -2.33. The van der Waals surface area contributed by atoms with E-state index >= 15 is 0 Å². The average Bonchev–Trinajstić information content (AvgIpc) is 2.83. The molecule has 0 spiro atoms. The lowest BCUT2D eigenvalue weighted by molar-refractivity contribution is 0.342. The van der Waals surface area contributed by atoms with Crippen molar-refractivity contribution >= 4 is 5.69 Å². The van der Waals surface area contributed by atoms with E-state index in [2.05, 4.69) is 27.3 Å². The van der Waals surface area contributed by atoms with Gasteiger partial charge in [0.15, 0.2) is 0 Å². The van der Waals surface area contributed by atoms with Crippen LogP contribution >= 0.6 is 0 Å². The molecule has 2 fully saturated rings. The quantitative estimate of drug-likeness (QED) is 0.887. The summed E-state index contributed by atoms with van der Waals surface area (Å²) in [7, 11) is 1.97. The Labute approximate surface area is 110 Å². The Morgan fingerprint density at radius 2 is 2.22 bits per heavy atom. The molecule has 2 unspecified atom stereocenters. The van der Waals surface area contributed by atoms with Gasteiger partial charge in [-0.1, -0.05) is 12.8 Å². The van der Waals surface area contributed by atoms with Crippen LogP contribution < -0.4 is 10.2 Å². The first kappa shape index (κ1) is 12.0. The smallest absolute Gasteiger partial charge is 0.0562 e. The molecule has 1 saturated carbocycles. The highest BCUT2D eigenvalue weighted by atomic mass is 15.2. The van der Waals surface area contributed by atoms with Crippen LogP contribution in [0, 0.1) is 5.92 Å². The number of pyridine rings is 1. The van der Waals surface area contributed by atoms with Crippen molar-refractivity contribution < 1.29 is 0 Å². The minimum Gasteiger partial charge on any atom is -0.368 e. The van der Waals surface area contributed by atoms with Crippen LogP contribution in [-0.4, -0.2) is 24.6 Å². The third kappa shape index (κ3) is 2.24. The van der Waals surface area contributed by atoms with Gasteiger partial charge >= 0.3 is 0 Å². The van der Waals surface area contributed by atoms with E-state index in [0.717, 1.165) is 24.2 Å². The first-order valence-corrected chi connectivity index (χ1v) is 7.24. The molecule has 1 aliphatic carbocycles. The van der Waals surface area contributed by atoms with Crippen molar-refractivity contribution in [1.82, 2.24) is 10.3 Å². The monoisotopic (exact) mass is 245 g/mol. The van der Waals surface area contributed by atoms with Gasteiger partial charge in [0.1, 0.15) is 0 Å². The third-order valence-corrected chi connectivity index (χ3v) is 4.50. The normalized spacial score (nSPS) is 27.3. The molecule has 0 radical (unpaired) electrons. The molecule has 2 heterocycles. The summed E-state index contributed by atoms with van der Waals surface area (Å²) in [6.45, 7) is 2.09. The summed E-state index contributed by atoms with van der Waals surface area (Å²) in [5, 5.41) is 3.18. The second-order valence-electron chi connectivity index (χ2n) is 5.63. The Morgan fingerprint density at radius 1 is 1.33 bits per heavy atom. The van der Waals surface area contributed by atoms with E-state index in [1.165, 1.54) is 44.3 Å². The van der Waals surface area contributed by atoms with Crippen LogP contribution in [0.25, 0.3) is 0 Å². The molecular formula is C15H23N3. The van der Waals surface area contributed by atoms with E-state index in [-0.39, 0.29) is 0 Å². The standard InChI is InChI=1S/C15H23N3/c1-16-11-13-10-14(6-8-17-13)18-9-7-12-4-2-3-5-15(12)18/h6,8,10,12,15-16H,2-5,7,9,11H2,1H3. The molecule has 0 bridgehead atoms. The number of hydrogen-bond acceptors (Lipinski definition) is 3. The number of rotatable bonds is 3. The zero-order valence-corrected chi connectivity index (χ0v) is 11.2. The van der Waals surface area contributed by atoms with Gasteiger partial charge in [0.05, 0.1) is 5.69 Å². The minimum atomic E-state index is 0.795. The van der Waals surface area contributed by atoms with Gasteiger partial charge in [0.25, 0.3) is 0 Å². The van der Waals surface area contributed by atoms with E-state index in [1.54, 1.807) is 0 Å². The lowest BCUT2D eigenvalue weighted by Crippen LogP contribution is -2.34. The van der Waals surface area contributed by atoms with E-state index in [1.807, 2.05) is 13.2 Å². The van der Waals surface area contributed by atoms with Crippen LogP contribution in [0.1, 0.15) is 37.8 Å². The molecule has 3 nitrogen and oxygen atoms in total. The molecule has 2 atom stereocenters. The maximum Gasteiger partial charge on any atom is 0.0562 e. The van der Waals surface area contributed by atoms with Crippen molar-refractivity contribution in [2.24, 2.45) is 5.92 Å². The molecular weight excluding hydrogens is 222 g/mol. The SMILES string of the molecule is CNCc1cc(N2CCC3CCCCC32)ccn1. The molecule has 98 valence electrons. The summed E-state index contributed by atoms with van der Waals surface area (Å²) in [5.41, 5.74) is 2.53. The van der Waals surface area contributed by atoms with Crippen LogP contribution in [0.5, 0.6) is 0 Å². The van der Waals surface area contributed by atoms with E-state index in [4.69, 9.17) is 0 Å². The molecule has 1 aliphatic heterocycles. The van der Waals surface area contributed by atoms with Gasteiger partial charge in [0, 0.05) is 31.0 Å². The zero-order chi connectivity index (χ0) is 12.4. The number of anilines is 1. The molecule has 18 heavy (non-hydrogen) atoms. The summed E-state index contributed by atoms with van der Waals surface area (Å²) in [6.07, 6.45) is 9.01. The fourth-order valence-corrected chi connectivity index (χ4v) is 3.65. The summed E-state index contributed by atoms with van der Waals surface area (Å²) in [6, 6.07) is 5.23. The maximum absolute atomic E-state index is 4.42. The topological polar surface area (TPSA) is 28.2 Å². The molecule has 2 aliphatic rings. The van der Waals surface area contributed by atoms with Gasteiger partial charge in [-0.15, -0.1) is 0 Å². The van der Waals surface area contributed by atoms with Crippen LogP contribution in [0.3, 0.4) is 0 Å². The van der Waals surface area contributed by atoms with Crippen LogP contribution in [0.2, 0.25) is 0 Å². The fraction of sp³-hybridized carbons (Fsp3) is 0.667. The molecule has 3 heteroatoms. The van der Waals surface area contributed by atoms with E-state index in [0.29, 0.717) is 0 Å². The number of aromatic nitrogens is 1. The second-order valence-corrected chi connectivity index (χ2v) is 5.63. The molecule has 1 saturated heterocycles. The average molecular weight is 245 g/mol. The van der Waals surface area contributed by atoms with Gasteiger partial charge in [0.2, 0.25) is 0 Å². The van der Waals surface area contributed by atoms with Crippen molar-refractivity contribution in [2.45, 2.75) is 44.7 Å². The lowest BCUT2D eigenvalue weighted by atomic mass is 9.85. The Balaban J connectivity index is 1.79. The fourth-order valence-electron chi connectivity index (χ4n) is 3.65. The van der Waals surface area contributed by atoms with Crippen molar-refractivity contribution in [1.29, 1.82) is 0 Å². The minimum absolute atomic E-state index is 0.795. The highest BCUT2D eigenvalue weighted by Crippen LogP contribution is 2.38. The Morgan fingerprint density at radius 3 is 3.11 bits per heavy atom. The van der Waals surface area contributed by atoms with Gasteiger partial charge in [-0.3, -0.25) is 4.98 Å². The van der Waals surface area contributed by atoms with Crippen LogP contribution in [-0.2, 0) is 6.54 Å². The highest BCUT2D eigenvalue weighted by Gasteiger charge is 2.35. The predicted octanol–water partition coefficient (Wildman–Crippen LogP) is 2.57. The van der Waals surface area contributed by atoms with Gasteiger partial charge < -0.3 is 10.2 Å². The first-order chi connectivity index (χ1) is 8.88. The number of hydrogen-bond donors (Lipinski definition) is 1. The number of nitrogens with zero attached hydrogens (tertiary/aromatic N) is 2. The van der Waals surface area contributed by atoms with Crippen molar-refractivity contribution in [3.8, 4) is 0 Å². The summed E-state index contributed by atoms with van der Waals surface area (Å²) < 4.78 is 0. The van der Waals surface area contributed by atoms with Gasteiger partial charge in [-0.2, -0.15) is 0 Å². The maximum atomic E-state index is 4.42. The molecule has 1 N–H and O–H groups in total. The number of nitrogens with one attached hydrogen (secondary N) is 1. The summed E-state index contributed by atoms with van der Waals surface area (Å²) in [5.74, 6) is 0.944. The molecule has 1 aromatic rings. The highest BCUT2D eigenvalue weighted by molar-refractivity contribution is 5.49. The van der Waals surface area contributed by atoms with E-state index < -0.39 is 0 Å². The van der Waals surface area contributed by atoms with Crippen molar-refractivity contribution in [3.63, 3.8) is 0 Å². The number of fused-ring (bicyclic) bond motifs is 1. The van der Waals surface area contributed by atoms with E-state index in [9.17, 15) is 0 Å². The Bertz CT molecular complexity index is 404. The van der Waals surface area contributed by atoms with Gasteiger partial charge in [-0.25, -0.2) is 0 Å². The molecule has 0 amide bonds. The van der Waals surface area contributed by atoms with Crippen LogP contribution in [0.15, 0.2) is 18.3 Å². The summed E-state index contributed by atoms with van der Waals surface area (Å²) >= 11 is 0. The Hall–Kier alpha value is -1.09. The Kier molecular flexibility index (Phi) is 3.50. The molecule has 3 rings (SSSR count). The summed E-state index contributed by atoms with van der Waals surface area (Å²) in [4.78, 5) is 7.05. The zero-order valence-electron chi connectivity index (χ0n) is 11.2. The van der Waals surface area contributed by atoms with Crippen LogP contribution in [0.4, 0.5) is 5.69 Å².